The van der Waals surface area contributed by atoms with Gasteiger partial charge in [0.2, 0.25) is 10.0 Å². The SMILES string of the molecule is CCNC(=NCCCOCC)NCCN1CCCS1(=O)=O.I. The van der Waals surface area contributed by atoms with Gasteiger partial charge in [0.1, 0.15) is 0 Å². The Morgan fingerprint density at radius 2 is 2.09 bits per heavy atom. The lowest BCUT2D eigenvalue weighted by Crippen LogP contribution is -2.42. The molecule has 2 N–H and O–H groups in total. The van der Waals surface area contributed by atoms with Crippen LogP contribution in [0.3, 0.4) is 0 Å². The Balaban J connectivity index is 0.00000441. The monoisotopic (exact) mass is 448 g/mol. The first-order valence-electron chi connectivity index (χ1n) is 7.68. The maximum absolute atomic E-state index is 11.7. The molecular formula is C13H29IN4O3S. The second-order valence-corrected chi connectivity index (χ2v) is 6.89. The molecule has 0 unspecified atom stereocenters. The number of ether oxygens (including phenoxy) is 1. The third kappa shape index (κ3) is 8.49. The minimum atomic E-state index is -3.01. The molecule has 0 bridgehead atoms. The molecule has 9 heteroatoms. The highest BCUT2D eigenvalue weighted by Gasteiger charge is 2.27. The van der Waals surface area contributed by atoms with Crippen molar-refractivity contribution >= 4 is 40.0 Å². The van der Waals surface area contributed by atoms with Gasteiger partial charge in [-0.15, -0.1) is 24.0 Å². The summed E-state index contributed by atoms with van der Waals surface area (Å²) in [4.78, 5) is 4.43. The molecule has 0 atom stereocenters. The molecule has 132 valence electrons. The van der Waals surface area contributed by atoms with E-state index in [4.69, 9.17) is 4.74 Å². The van der Waals surface area contributed by atoms with Gasteiger partial charge in [0, 0.05) is 45.9 Å². The van der Waals surface area contributed by atoms with Gasteiger partial charge in [0.25, 0.3) is 0 Å². The van der Waals surface area contributed by atoms with E-state index in [0.29, 0.717) is 32.8 Å². The zero-order valence-corrected chi connectivity index (χ0v) is 16.7. The fourth-order valence-corrected chi connectivity index (χ4v) is 3.61. The van der Waals surface area contributed by atoms with Gasteiger partial charge in [-0.05, 0) is 26.7 Å². The van der Waals surface area contributed by atoms with E-state index in [0.717, 1.165) is 32.0 Å². The van der Waals surface area contributed by atoms with E-state index in [1.54, 1.807) is 4.31 Å². The number of guanidine groups is 1. The second-order valence-electron chi connectivity index (χ2n) is 4.81. The zero-order valence-electron chi connectivity index (χ0n) is 13.5. The van der Waals surface area contributed by atoms with Crippen LogP contribution in [0.1, 0.15) is 26.7 Å². The van der Waals surface area contributed by atoms with Gasteiger partial charge in [0.05, 0.1) is 5.75 Å². The summed E-state index contributed by atoms with van der Waals surface area (Å²) in [6.07, 6.45) is 1.61. The maximum Gasteiger partial charge on any atom is 0.214 e. The van der Waals surface area contributed by atoms with E-state index in [-0.39, 0.29) is 29.7 Å². The number of nitrogens with zero attached hydrogens (tertiary/aromatic N) is 2. The van der Waals surface area contributed by atoms with Gasteiger partial charge >= 0.3 is 0 Å². The number of sulfonamides is 1. The lowest BCUT2D eigenvalue weighted by Gasteiger charge is -2.16. The first-order valence-corrected chi connectivity index (χ1v) is 9.28. The number of rotatable bonds is 9. The molecule has 7 nitrogen and oxygen atoms in total. The summed E-state index contributed by atoms with van der Waals surface area (Å²) in [5.74, 6) is 1.00. The third-order valence-corrected chi connectivity index (χ3v) is 5.08. The Hall–Kier alpha value is -0.130. The fourth-order valence-electron chi connectivity index (χ4n) is 2.08. The Kier molecular flexibility index (Phi) is 12.2. The third-order valence-electron chi connectivity index (χ3n) is 3.12. The van der Waals surface area contributed by atoms with Crippen molar-refractivity contribution in [3.63, 3.8) is 0 Å². The van der Waals surface area contributed by atoms with Crippen LogP contribution in [-0.4, -0.2) is 70.4 Å². The van der Waals surface area contributed by atoms with E-state index in [1.807, 2.05) is 13.8 Å². The van der Waals surface area contributed by atoms with Crippen molar-refractivity contribution in [2.24, 2.45) is 4.99 Å². The molecule has 0 aromatic rings. The molecule has 1 heterocycles. The highest BCUT2D eigenvalue weighted by Crippen LogP contribution is 2.11. The molecule has 0 aromatic carbocycles. The van der Waals surface area contributed by atoms with Crippen LogP contribution in [0.4, 0.5) is 0 Å². The Morgan fingerprint density at radius 1 is 1.32 bits per heavy atom. The van der Waals surface area contributed by atoms with E-state index >= 15 is 0 Å². The predicted octanol–water partition coefficient (Wildman–Crippen LogP) is 0.622. The van der Waals surface area contributed by atoms with Gasteiger partial charge in [-0.3, -0.25) is 4.99 Å². The number of hydrogen-bond acceptors (Lipinski definition) is 4. The zero-order chi connectivity index (χ0) is 15.6. The molecule has 0 aromatic heterocycles. The summed E-state index contributed by atoms with van der Waals surface area (Å²) < 4.78 is 30.2. The average Bonchev–Trinajstić information content (AvgIpc) is 2.77. The van der Waals surface area contributed by atoms with Crippen LogP contribution < -0.4 is 10.6 Å². The molecule has 1 fully saturated rings. The molecule has 1 saturated heterocycles. The maximum atomic E-state index is 11.7. The molecule has 22 heavy (non-hydrogen) atoms. The number of aliphatic imine (C=N–C) groups is 1. The van der Waals surface area contributed by atoms with Gasteiger partial charge in [-0.1, -0.05) is 0 Å². The smallest absolute Gasteiger partial charge is 0.214 e. The van der Waals surface area contributed by atoms with Crippen molar-refractivity contribution in [2.45, 2.75) is 26.7 Å². The topological polar surface area (TPSA) is 83.0 Å². The van der Waals surface area contributed by atoms with E-state index in [1.165, 1.54) is 0 Å². The first kappa shape index (κ1) is 21.9. The molecule has 0 aliphatic carbocycles. The van der Waals surface area contributed by atoms with Gasteiger partial charge in [-0.2, -0.15) is 0 Å². The van der Waals surface area contributed by atoms with Crippen LogP contribution in [0.15, 0.2) is 4.99 Å². The molecule has 0 saturated carbocycles. The predicted molar refractivity (Wildman–Crippen MR) is 100 cm³/mol. The summed E-state index contributed by atoms with van der Waals surface area (Å²) in [6.45, 7) is 8.58. The molecule has 1 aliphatic heterocycles. The van der Waals surface area contributed by atoms with Crippen molar-refractivity contribution in [3.05, 3.63) is 0 Å². The van der Waals surface area contributed by atoms with E-state index in [2.05, 4.69) is 15.6 Å². The molecule has 1 rings (SSSR count). The molecule has 0 spiro atoms. The van der Waals surface area contributed by atoms with Crippen LogP contribution in [0.5, 0.6) is 0 Å². The molecule has 0 amide bonds. The van der Waals surface area contributed by atoms with Crippen molar-refractivity contribution in [3.8, 4) is 0 Å². The summed E-state index contributed by atoms with van der Waals surface area (Å²) in [5.41, 5.74) is 0. The van der Waals surface area contributed by atoms with E-state index < -0.39 is 10.0 Å². The highest BCUT2D eigenvalue weighted by atomic mass is 127. The van der Waals surface area contributed by atoms with Gasteiger partial charge < -0.3 is 15.4 Å². The average molecular weight is 448 g/mol. The molecular weight excluding hydrogens is 419 g/mol. The van der Waals surface area contributed by atoms with Crippen LogP contribution in [0.25, 0.3) is 0 Å². The lowest BCUT2D eigenvalue weighted by atomic mass is 10.4. The number of nitrogens with one attached hydrogen (secondary N) is 2. The Morgan fingerprint density at radius 3 is 2.68 bits per heavy atom. The van der Waals surface area contributed by atoms with Gasteiger partial charge in [-0.25, -0.2) is 12.7 Å². The second kappa shape index (κ2) is 12.3. The van der Waals surface area contributed by atoms with Crippen molar-refractivity contribution in [1.29, 1.82) is 0 Å². The summed E-state index contributed by atoms with van der Waals surface area (Å²) in [7, 11) is -3.01. The summed E-state index contributed by atoms with van der Waals surface area (Å²) in [6, 6.07) is 0. The van der Waals surface area contributed by atoms with Crippen LogP contribution in [0, 0.1) is 0 Å². The van der Waals surface area contributed by atoms with Crippen molar-refractivity contribution in [2.75, 3.05) is 51.7 Å². The molecule has 0 radical (unpaired) electrons. The van der Waals surface area contributed by atoms with Crippen LogP contribution in [-0.2, 0) is 14.8 Å². The first-order chi connectivity index (χ1) is 10.1. The lowest BCUT2D eigenvalue weighted by molar-refractivity contribution is 0.146. The minimum Gasteiger partial charge on any atom is -0.382 e. The normalized spacial score (nSPS) is 18.0. The standard InChI is InChI=1S/C13H28N4O3S.HI/c1-3-14-13(15-7-5-11-20-4-2)16-8-10-17-9-6-12-21(17,18)19;/h3-12H2,1-2H3,(H2,14,15,16);1H. The van der Waals surface area contributed by atoms with Crippen LogP contribution in [0.2, 0.25) is 0 Å². The Labute approximate surface area is 151 Å². The number of hydrogen-bond donors (Lipinski definition) is 2. The minimum absolute atomic E-state index is 0. The van der Waals surface area contributed by atoms with Crippen molar-refractivity contribution < 1.29 is 13.2 Å². The summed E-state index contributed by atoms with van der Waals surface area (Å²) >= 11 is 0. The Bertz CT molecular complexity index is 418. The van der Waals surface area contributed by atoms with Crippen molar-refractivity contribution in [1.82, 2.24) is 14.9 Å². The largest absolute Gasteiger partial charge is 0.382 e. The quantitative estimate of drug-likeness (QED) is 0.234. The summed E-state index contributed by atoms with van der Waals surface area (Å²) in [5, 5.41) is 6.32. The molecule has 1 aliphatic rings. The van der Waals surface area contributed by atoms with Crippen LogP contribution >= 0.6 is 24.0 Å². The fraction of sp³-hybridized carbons (Fsp3) is 0.923. The van der Waals surface area contributed by atoms with E-state index in [9.17, 15) is 8.42 Å². The van der Waals surface area contributed by atoms with Gasteiger partial charge in [0.15, 0.2) is 5.96 Å². The number of halogens is 1. The highest BCUT2D eigenvalue weighted by molar-refractivity contribution is 14.0.